The van der Waals surface area contributed by atoms with Crippen LogP contribution in [0.2, 0.25) is 0 Å². The third kappa shape index (κ3) is 4.87. The highest BCUT2D eigenvalue weighted by Gasteiger charge is 2.28. The van der Waals surface area contributed by atoms with Crippen molar-refractivity contribution >= 4 is 28.4 Å². The van der Waals surface area contributed by atoms with E-state index in [-0.39, 0.29) is 24.2 Å². The van der Waals surface area contributed by atoms with Gasteiger partial charge in [-0.1, -0.05) is 24.3 Å². The number of carbonyl (C=O) groups excluding carboxylic acids is 2. The van der Waals surface area contributed by atoms with E-state index >= 15 is 0 Å². The number of aryl methyl sites for hydroxylation is 2. The Labute approximate surface area is 187 Å². The third-order valence-electron chi connectivity index (χ3n) is 5.96. The zero-order chi connectivity index (χ0) is 22.5. The van der Waals surface area contributed by atoms with E-state index in [1.165, 1.54) is 0 Å². The molecule has 1 aliphatic heterocycles. The number of benzene rings is 1. The van der Waals surface area contributed by atoms with Gasteiger partial charge in [-0.15, -0.1) is 0 Å². The number of para-hydroxylation sites is 1. The molecule has 0 aliphatic carbocycles. The van der Waals surface area contributed by atoms with Crippen LogP contribution >= 0.6 is 0 Å². The van der Waals surface area contributed by atoms with Crippen LogP contribution in [0.15, 0.2) is 48.8 Å². The van der Waals surface area contributed by atoms with Gasteiger partial charge < -0.3 is 9.88 Å². The quantitative estimate of drug-likeness (QED) is 0.577. The molecule has 1 aromatic carbocycles. The summed E-state index contributed by atoms with van der Waals surface area (Å²) >= 11 is 0. The Morgan fingerprint density at radius 2 is 2.09 bits per heavy atom. The number of hydrogen-bond donors (Lipinski definition) is 1. The molecule has 2 aromatic heterocycles. The average Bonchev–Trinajstić information content (AvgIpc) is 3.18. The second-order valence-corrected chi connectivity index (χ2v) is 8.37. The van der Waals surface area contributed by atoms with E-state index in [0.717, 1.165) is 35.9 Å². The van der Waals surface area contributed by atoms with Crippen LogP contribution in [0, 0.1) is 24.2 Å². The smallest absolute Gasteiger partial charge is 0.229 e. The summed E-state index contributed by atoms with van der Waals surface area (Å²) in [6, 6.07) is 13.7. The van der Waals surface area contributed by atoms with Crippen molar-refractivity contribution in [2.24, 2.45) is 5.92 Å². The van der Waals surface area contributed by atoms with E-state index in [9.17, 15) is 9.59 Å². The number of carbonyl (C=O) groups is 2. The number of piperidine rings is 1. The summed E-state index contributed by atoms with van der Waals surface area (Å²) in [7, 11) is 0. The first-order valence-electron chi connectivity index (χ1n) is 11.0. The molecular formula is C25H27N5O2. The van der Waals surface area contributed by atoms with Crippen molar-refractivity contribution in [2.75, 3.05) is 25.0 Å². The van der Waals surface area contributed by atoms with Gasteiger partial charge in [0.1, 0.15) is 5.82 Å². The van der Waals surface area contributed by atoms with E-state index in [0.29, 0.717) is 30.9 Å². The Kier molecular flexibility index (Phi) is 6.62. The molecular weight excluding hydrogens is 402 g/mol. The van der Waals surface area contributed by atoms with Crippen molar-refractivity contribution in [3.05, 3.63) is 59.9 Å². The number of likely N-dealkylation sites (tertiary alicyclic amines) is 1. The molecule has 1 aliphatic rings. The molecule has 1 N–H and O–H groups in total. The second kappa shape index (κ2) is 9.75. The van der Waals surface area contributed by atoms with Crippen LogP contribution in [-0.4, -0.2) is 45.8 Å². The van der Waals surface area contributed by atoms with E-state index in [1.807, 2.05) is 48.0 Å². The molecule has 3 aromatic rings. The van der Waals surface area contributed by atoms with E-state index in [1.54, 1.807) is 12.3 Å². The van der Waals surface area contributed by atoms with Crippen LogP contribution in [0.1, 0.15) is 35.2 Å². The molecule has 32 heavy (non-hydrogen) atoms. The predicted octanol–water partition coefficient (Wildman–Crippen LogP) is 3.79. The number of nitriles is 1. The van der Waals surface area contributed by atoms with Gasteiger partial charge in [-0.3, -0.25) is 14.5 Å². The van der Waals surface area contributed by atoms with Crippen molar-refractivity contribution in [3.8, 4) is 6.07 Å². The van der Waals surface area contributed by atoms with Gasteiger partial charge in [-0.25, -0.2) is 4.98 Å². The number of nitrogens with zero attached hydrogens (tertiary/aromatic N) is 4. The SMILES string of the molecule is Cc1ccc(NC(=O)C2CCCN(CC(=O)c3cn(CCC#N)c4ccccc34)C2)nc1. The first-order chi connectivity index (χ1) is 15.5. The van der Waals surface area contributed by atoms with E-state index in [4.69, 9.17) is 5.26 Å². The maximum atomic E-state index is 13.2. The van der Waals surface area contributed by atoms with Gasteiger partial charge in [0.15, 0.2) is 5.78 Å². The lowest BCUT2D eigenvalue weighted by Crippen LogP contribution is -2.42. The van der Waals surface area contributed by atoms with Crippen LogP contribution in [0.5, 0.6) is 0 Å². The lowest BCUT2D eigenvalue weighted by atomic mass is 9.96. The number of amides is 1. The molecule has 7 nitrogen and oxygen atoms in total. The summed E-state index contributed by atoms with van der Waals surface area (Å²) in [6.45, 7) is 4.14. The maximum Gasteiger partial charge on any atom is 0.229 e. The number of ketones is 1. The highest BCUT2D eigenvalue weighted by Crippen LogP contribution is 2.24. The molecule has 1 saturated heterocycles. The monoisotopic (exact) mass is 429 g/mol. The fraction of sp³-hybridized carbons (Fsp3) is 0.360. The minimum Gasteiger partial charge on any atom is -0.346 e. The third-order valence-corrected chi connectivity index (χ3v) is 5.96. The molecule has 0 bridgehead atoms. The van der Waals surface area contributed by atoms with Crippen LogP contribution in [0.25, 0.3) is 10.9 Å². The first kappa shape index (κ1) is 21.7. The summed E-state index contributed by atoms with van der Waals surface area (Å²) in [5, 5.41) is 12.7. The van der Waals surface area contributed by atoms with Gasteiger partial charge in [-0.2, -0.15) is 5.26 Å². The number of Topliss-reactive ketones (excluding diaryl/α,β-unsaturated/α-hetero) is 1. The highest BCUT2D eigenvalue weighted by molar-refractivity contribution is 6.09. The molecule has 1 unspecified atom stereocenters. The molecule has 3 heterocycles. The summed E-state index contributed by atoms with van der Waals surface area (Å²) in [4.78, 5) is 32.2. The van der Waals surface area contributed by atoms with Crippen molar-refractivity contribution < 1.29 is 9.59 Å². The Morgan fingerprint density at radius 3 is 2.88 bits per heavy atom. The van der Waals surface area contributed by atoms with Gasteiger partial charge >= 0.3 is 0 Å². The van der Waals surface area contributed by atoms with Crippen LogP contribution < -0.4 is 5.32 Å². The molecule has 0 saturated carbocycles. The van der Waals surface area contributed by atoms with Gasteiger partial charge in [0, 0.05) is 41.9 Å². The fourth-order valence-electron chi connectivity index (χ4n) is 4.30. The number of rotatable bonds is 7. The van der Waals surface area contributed by atoms with Crippen molar-refractivity contribution in [1.82, 2.24) is 14.5 Å². The van der Waals surface area contributed by atoms with Crippen LogP contribution in [0.3, 0.4) is 0 Å². The Bertz CT molecular complexity index is 1160. The Balaban J connectivity index is 1.43. The minimum absolute atomic E-state index is 0.0400. The van der Waals surface area contributed by atoms with Crippen molar-refractivity contribution in [3.63, 3.8) is 0 Å². The number of aromatic nitrogens is 2. The molecule has 0 radical (unpaired) electrons. The normalized spacial score (nSPS) is 16.6. The predicted molar refractivity (Wildman–Crippen MR) is 123 cm³/mol. The van der Waals surface area contributed by atoms with Crippen molar-refractivity contribution in [1.29, 1.82) is 5.26 Å². The van der Waals surface area contributed by atoms with E-state index in [2.05, 4.69) is 21.3 Å². The lowest BCUT2D eigenvalue weighted by Gasteiger charge is -2.31. The molecule has 0 spiro atoms. The number of anilines is 1. The Hall–Kier alpha value is -3.50. The first-order valence-corrected chi connectivity index (χ1v) is 11.0. The summed E-state index contributed by atoms with van der Waals surface area (Å²) in [5.41, 5.74) is 2.68. The zero-order valence-electron chi connectivity index (χ0n) is 18.3. The minimum atomic E-state index is -0.170. The van der Waals surface area contributed by atoms with Gasteiger partial charge in [0.05, 0.1) is 25.0 Å². The van der Waals surface area contributed by atoms with E-state index < -0.39 is 0 Å². The fourth-order valence-corrected chi connectivity index (χ4v) is 4.30. The topological polar surface area (TPSA) is 91.0 Å². The van der Waals surface area contributed by atoms with Gasteiger partial charge in [-0.05, 0) is 44.0 Å². The standard InChI is InChI=1S/C25H27N5O2/c1-18-9-10-24(27-14-18)28-25(32)19-6-4-12-29(15-19)17-23(31)21-16-30(13-5-11-26)22-8-3-2-7-20(21)22/h2-3,7-10,14,16,19H,4-6,12-13,15,17H2,1H3,(H,27,28,32). The molecule has 7 heteroatoms. The molecule has 164 valence electrons. The highest BCUT2D eigenvalue weighted by atomic mass is 16.2. The largest absolute Gasteiger partial charge is 0.346 e. The molecule has 4 rings (SSSR count). The van der Waals surface area contributed by atoms with Crippen LogP contribution in [0.4, 0.5) is 5.82 Å². The molecule has 1 amide bonds. The number of fused-ring (bicyclic) bond motifs is 1. The number of hydrogen-bond acceptors (Lipinski definition) is 5. The molecule has 1 atom stereocenters. The summed E-state index contributed by atoms with van der Waals surface area (Å²) in [6.07, 6.45) is 5.66. The zero-order valence-corrected chi connectivity index (χ0v) is 18.3. The van der Waals surface area contributed by atoms with Gasteiger partial charge in [0.25, 0.3) is 0 Å². The van der Waals surface area contributed by atoms with Crippen molar-refractivity contribution in [2.45, 2.75) is 32.7 Å². The molecule has 1 fully saturated rings. The average molecular weight is 430 g/mol. The number of nitrogens with one attached hydrogen (secondary N) is 1. The second-order valence-electron chi connectivity index (χ2n) is 8.37. The summed E-state index contributed by atoms with van der Waals surface area (Å²) < 4.78 is 1.98. The lowest BCUT2D eigenvalue weighted by molar-refractivity contribution is -0.121. The van der Waals surface area contributed by atoms with Crippen LogP contribution in [-0.2, 0) is 11.3 Å². The number of pyridine rings is 1. The summed E-state index contributed by atoms with van der Waals surface area (Å²) in [5.74, 6) is 0.375. The Morgan fingerprint density at radius 1 is 1.25 bits per heavy atom. The van der Waals surface area contributed by atoms with Gasteiger partial charge in [0.2, 0.25) is 5.91 Å². The maximum absolute atomic E-state index is 13.2.